The fourth-order valence-corrected chi connectivity index (χ4v) is 4.50. The fourth-order valence-electron chi connectivity index (χ4n) is 4.50. The van der Waals surface area contributed by atoms with Crippen LogP contribution in [-0.4, -0.2) is 50.3 Å². The number of hydrogen-bond acceptors (Lipinski definition) is 5. The Morgan fingerprint density at radius 3 is 2.65 bits per heavy atom. The highest BCUT2D eigenvalue weighted by Crippen LogP contribution is 2.36. The lowest BCUT2D eigenvalue weighted by Gasteiger charge is -2.26. The molecule has 0 radical (unpaired) electrons. The van der Waals surface area contributed by atoms with Gasteiger partial charge in [0.05, 0.1) is 36.7 Å². The maximum absolute atomic E-state index is 14.5. The molecule has 37 heavy (non-hydrogen) atoms. The highest BCUT2D eigenvalue weighted by Gasteiger charge is 2.40. The van der Waals surface area contributed by atoms with E-state index in [0.29, 0.717) is 21.9 Å². The topological polar surface area (TPSA) is 78.1 Å². The van der Waals surface area contributed by atoms with Gasteiger partial charge < -0.3 is 14.2 Å². The van der Waals surface area contributed by atoms with Crippen LogP contribution in [0.15, 0.2) is 55.1 Å². The van der Waals surface area contributed by atoms with Gasteiger partial charge in [-0.2, -0.15) is 13.2 Å². The SMILES string of the molecule is COc1cc(-c2cn([C@@H]3CCc4c(F)cccc4N(CC(F)(F)F)C3=O)nn2)ccc1-n1cnc(C)c1. The first-order valence-corrected chi connectivity index (χ1v) is 11.4. The molecule has 0 saturated heterocycles. The largest absolute Gasteiger partial charge is 0.495 e. The number of anilines is 1. The number of nitrogens with zero attached hydrogens (tertiary/aromatic N) is 6. The second kappa shape index (κ2) is 9.34. The highest BCUT2D eigenvalue weighted by atomic mass is 19.4. The number of halogens is 4. The number of carbonyl (C=O) groups is 1. The summed E-state index contributed by atoms with van der Waals surface area (Å²) in [6, 6.07) is 8.05. The molecule has 1 aliphatic rings. The second-order valence-corrected chi connectivity index (χ2v) is 8.72. The molecular weight excluding hydrogens is 492 g/mol. The molecule has 2 aromatic heterocycles. The van der Waals surface area contributed by atoms with Crippen molar-refractivity contribution >= 4 is 11.6 Å². The monoisotopic (exact) mass is 514 g/mol. The average molecular weight is 514 g/mol. The number of hydrogen-bond donors (Lipinski definition) is 0. The van der Waals surface area contributed by atoms with Crippen molar-refractivity contribution < 1.29 is 27.1 Å². The van der Waals surface area contributed by atoms with Crippen molar-refractivity contribution in [2.75, 3.05) is 18.6 Å². The van der Waals surface area contributed by atoms with Gasteiger partial charge in [-0.3, -0.25) is 4.79 Å². The Morgan fingerprint density at radius 1 is 1.14 bits per heavy atom. The van der Waals surface area contributed by atoms with Crippen LogP contribution in [-0.2, 0) is 11.2 Å². The molecule has 12 heteroatoms. The van der Waals surface area contributed by atoms with Gasteiger partial charge >= 0.3 is 6.18 Å². The number of carbonyl (C=O) groups excluding carboxylic acids is 1. The molecule has 1 amide bonds. The Hall–Kier alpha value is -4.22. The summed E-state index contributed by atoms with van der Waals surface area (Å²) >= 11 is 0. The fraction of sp³-hybridized carbons (Fsp3) is 0.280. The van der Waals surface area contributed by atoms with Gasteiger partial charge in [0.1, 0.15) is 29.8 Å². The van der Waals surface area contributed by atoms with E-state index in [2.05, 4.69) is 15.3 Å². The molecule has 0 fully saturated rings. The van der Waals surface area contributed by atoms with Crippen molar-refractivity contribution in [2.24, 2.45) is 0 Å². The molecule has 0 unspecified atom stereocenters. The van der Waals surface area contributed by atoms with Crippen molar-refractivity contribution in [1.29, 1.82) is 0 Å². The Balaban J connectivity index is 1.48. The lowest BCUT2D eigenvalue weighted by molar-refractivity contribution is -0.134. The van der Waals surface area contributed by atoms with Crippen molar-refractivity contribution in [3.63, 3.8) is 0 Å². The van der Waals surface area contributed by atoms with Crippen LogP contribution < -0.4 is 9.64 Å². The van der Waals surface area contributed by atoms with E-state index < -0.39 is 30.5 Å². The molecular formula is C25H22F4N6O2. The maximum Gasteiger partial charge on any atom is 0.406 e. The summed E-state index contributed by atoms with van der Waals surface area (Å²) in [7, 11) is 1.53. The zero-order valence-electron chi connectivity index (χ0n) is 19.9. The molecule has 1 aliphatic heterocycles. The number of fused-ring (bicyclic) bond motifs is 1. The second-order valence-electron chi connectivity index (χ2n) is 8.72. The molecule has 8 nitrogen and oxygen atoms in total. The minimum Gasteiger partial charge on any atom is -0.495 e. The van der Waals surface area contributed by atoms with E-state index in [4.69, 9.17) is 4.74 Å². The van der Waals surface area contributed by atoms with E-state index in [1.54, 1.807) is 18.5 Å². The number of amides is 1. The van der Waals surface area contributed by atoms with Crippen LogP contribution in [0.3, 0.4) is 0 Å². The number of methoxy groups -OCH3 is 1. The molecule has 192 valence electrons. The lowest BCUT2D eigenvalue weighted by Crippen LogP contribution is -2.42. The highest BCUT2D eigenvalue weighted by molar-refractivity contribution is 5.97. The van der Waals surface area contributed by atoms with Crippen LogP contribution in [0.25, 0.3) is 16.9 Å². The van der Waals surface area contributed by atoms with Gasteiger partial charge in [0.15, 0.2) is 0 Å². The van der Waals surface area contributed by atoms with Crippen LogP contribution in [0.1, 0.15) is 23.7 Å². The summed E-state index contributed by atoms with van der Waals surface area (Å²) in [5.41, 5.74) is 2.60. The van der Waals surface area contributed by atoms with Gasteiger partial charge in [-0.1, -0.05) is 17.3 Å². The summed E-state index contributed by atoms with van der Waals surface area (Å²) < 4.78 is 63.2. The molecule has 4 aromatic rings. The molecule has 0 bridgehead atoms. The first kappa shape index (κ1) is 24.5. The number of rotatable bonds is 5. The van der Waals surface area contributed by atoms with E-state index in [0.717, 1.165) is 11.4 Å². The lowest BCUT2D eigenvalue weighted by atomic mass is 10.1. The van der Waals surface area contributed by atoms with Gasteiger partial charge in [0.25, 0.3) is 5.91 Å². The zero-order chi connectivity index (χ0) is 26.3. The van der Waals surface area contributed by atoms with Crippen LogP contribution in [0.5, 0.6) is 5.75 Å². The summed E-state index contributed by atoms with van der Waals surface area (Å²) in [5.74, 6) is -0.948. The summed E-state index contributed by atoms with van der Waals surface area (Å²) in [4.78, 5) is 18.1. The Labute approximate surface area is 209 Å². The molecule has 3 heterocycles. The van der Waals surface area contributed by atoms with Gasteiger partial charge in [-0.15, -0.1) is 5.10 Å². The van der Waals surface area contributed by atoms with Crippen LogP contribution in [0.4, 0.5) is 23.2 Å². The first-order valence-electron chi connectivity index (χ1n) is 11.4. The van der Waals surface area contributed by atoms with Gasteiger partial charge in [-0.25, -0.2) is 14.1 Å². The van der Waals surface area contributed by atoms with E-state index >= 15 is 0 Å². The smallest absolute Gasteiger partial charge is 0.406 e. The third kappa shape index (κ3) is 4.78. The zero-order valence-corrected chi connectivity index (χ0v) is 19.9. The van der Waals surface area contributed by atoms with Crippen molar-refractivity contribution in [3.8, 4) is 22.7 Å². The van der Waals surface area contributed by atoms with Crippen molar-refractivity contribution in [1.82, 2.24) is 24.5 Å². The molecule has 0 spiro atoms. The average Bonchev–Trinajstić information content (AvgIpc) is 3.49. The summed E-state index contributed by atoms with van der Waals surface area (Å²) in [5, 5.41) is 8.20. The molecule has 1 atom stereocenters. The van der Waals surface area contributed by atoms with Gasteiger partial charge in [0.2, 0.25) is 0 Å². The van der Waals surface area contributed by atoms with Gasteiger partial charge in [-0.05, 0) is 44.0 Å². The third-order valence-electron chi connectivity index (χ3n) is 6.24. The Morgan fingerprint density at radius 2 is 1.95 bits per heavy atom. The minimum absolute atomic E-state index is 0.0617. The third-order valence-corrected chi connectivity index (χ3v) is 6.24. The van der Waals surface area contributed by atoms with E-state index in [-0.39, 0.29) is 24.1 Å². The number of ether oxygens (including phenoxy) is 1. The molecule has 0 aliphatic carbocycles. The normalized spacial score (nSPS) is 16.0. The quantitative estimate of drug-likeness (QED) is 0.362. The van der Waals surface area contributed by atoms with E-state index in [1.165, 1.54) is 36.2 Å². The molecule has 5 rings (SSSR count). The van der Waals surface area contributed by atoms with E-state index in [1.807, 2.05) is 23.8 Å². The first-order chi connectivity index (χ1) is 17.6. The molecule has 2 aromatic carbocycles. The number of imidazole rings is 1. The molecule has 0 N–H and O–H groups in total. The predicted octanol–water partition coefficient (Wildman–Crippen LogP) is 4.67. The maximum atomic E-state index is 14.5. The number of alkyl halides is 3. The number of benzene rings is 2. The van der Waals surface area contributed by atoms with Crippen molar-refractivity contribution in [2.45, 2.75) is 32.0 Å². The number of aromatic nitrogens is 5. The Kier molecular flexibility index (Phi) is 6.18. The Bertz CT molecular complexity index is 1460. The van der Waals surface area contributed by atoms with Crippen molar-refractivity contribution in [3.05, 3.63) is 72.2 Å². The standard InChI is InChI=1S/C25H22F4N6O2/c1-15-11-33(14-30-15)21-8-6-16(10-23(21)37-2)19-12-35(32-31-19)22-9-7-17-18(26)4-3-5-20(17)34(24(22)36)13-25(27,28)29/h3-6,8,10-12,14,22H,7,9,13H2,1-2H3/t22-/m1/s1. The number of aryl methyl sites for hydroxylation is 1. The predicted molar refractivity (Wildman–Crippen MR) is 126 cm³/mol. The van der Waals surface area contributed by atoms with Gasteiger partial charge in [0, 0.05) is 17.3 Å². The molecule has 0 saturated carbocycles. The van der Waals surface area contributed by atoms with Crippen LogP contribution in [0.2, 0.25) is 0 Å². The summed E-state index contributed by atoms with van der Waals surface area (Å²) in [6.07, 6.45) is 0.457. The summed E-state index contributed by atoms with van der Waals surface area (Å²) in [6.45, 7) is 0.333. The minimum atomic E-state index is -4.67. The van der Waals surface area contributed by atoms with Crippen LogP contribution >= 0.6 is 0 Å². The van der Waals surface area contributed by atoms with E-state index in [9.17, 15) is 22.4 Å². The van der Waals surface area contributed by atoms with Crippen LogP contribution in [0, 0.1) is 12.7 Å².